The Kier molecular flexibility index (Phi) is 3.54. The second-order valence-electron chi connectivity index (χ2n) is 5.55. The summed E-state index contributed by atoms with van der Waals surface area (Å²) in [6.45, 7) is 4.26. The summed E-state index contributed by atoms with van der Waals surface area (Å²) in [6.07, 6.45) is 5.65. The highest BCUT2D eigenvalue weighted by molar-refractivity contribution is 14.1. The molecular weight excluding hydrogens is 365 g/mol. The third-order valence-corrected chi connectivity index (χ3v) is 3.91. The van der Waals surface area contributed by atoms with Crippen molar-refractivity contribution in [3.8, 4) is 5.75 Å². The molecule has 1 aromatic carbocycles. The first-order chi connectivity index (χ1) is 9.52. The highest BCUT2D eigenvalue weighted by Gasteiger charge is 2.26. The van der Waals surface area contributed by atoms with Crippen LogP contribution in [0, 0.1) is 3.83 Å². The number of hydrogen-bond donors (Lipinski definition) is 1. The van der Waals surface area contributed by atoms with Gasteiger partial charge in [0.25, 0.3) is 0 Å². The third kappa shape index (κ3) is 3.03. The smallest absolute Gasteiger partial charge is 0.190 e. The van der Waals surface area contributed by atoms with Crippen LogP contribution in [0.15, 0.2) is 30.6 Å². The Bertz CT molecular complexity index is 626. The molecule has 4 nitrogen and oxygen atoms in total. The lowest BCUT2D eigenvalue weighted by Gasteiger charge is -2.32. The molecule has 0 fully saturated rings. The van der Waals surface area contributed by atoms with E-state index in [0.717, 1.165) is 33.8 Å². The third-order valence-electron chi connectivity index (χ3n) is 3.35. The van der Waals surface area contributed by atoms with Gasteiger partial charge in [-0.2, -0.15) is 0 Å². The lowest BCUT2D eigenvalue weighted by Crippen LogP contribution is -2.32. The number of halogens is 1. The van der Waals surface area contributed by atoms with E-state index in [1.807, 2.05) is 12.1 Å². The molecule has 3 rings (SSSR count). The number of aryl methyl sites for hydroxylation is 1. The monoisotopic (exact) mass is 381 g/mol. The fraction of sp³-hybridized carbons (Fsp3) is 0.333. The Morgan fingerprint density at radius 2 is 1.95 bits per heavy atom. The maximum atomic E-state index is 5.99. The van der Waals surface area contributed by atoms with E-state index >= 15 is 0 Å². The van der Waals surface area contributed by atoms with Crippen LogP contribution in [0.3, 0.4) is 0 Å². The van der Waals surface area contributed by atoms with Gasteiger partial charge in [-0.3, -0.25) is 0 Å². The van der Waals surface area contributed by atoms with Crippen LogP contribution in [-0.2, 0) is 6.42 Å². The van der Waals surface area contributed by atoms with Gasteiger partial charge in [-0.25, -0.2) is 9.97 Å². The van der Waals surface area contributed by atoms with Crippen LogP contribution in [0.25, 0.3) is 0 Å². The number of hydrogen-bond acceptors (Lipinski definition) is 4. The molecule has 0 radical (unpaired) electrons. The number of aromatic nitrogens is 2. The van der Waals surface area contributed by atoms with Crippen molar-refractivity contribution < 1.29 is 4.74 Å². The van der Waals surface area contributed by atoms with Crippen LogP contribution in [0.2, 0.25) is 0 Å². The Labute approximate surface area is 132 Å². The van der Waals surface area contributed by atoms with Gasteiger partial charge in [0.05, 0.1) is 18.1 Å². The molecule has 5 heteroatoms. The Morgan fingerprint density at radius 1 is 1.20 bits per heavy atom. The second kappa shape index (κ2) is 5.20. The molecule has 1 aromatic heterocycles. The van der Waals surface area contributed by atoms with E-state index in [-0.39, 0.29) is 5.60 Å². The van der Waals surface area contributed by atoms with Crippen molar-refractivity contribution in [2.45, 2.75) is 32.3 Å². The van der Waals surface area contributed by atoms with Crippen LogP contribution < -0.4 is 10.1 Å². The van der Waals surface area contributed by atoms with Crippen molar-refractivity contribution in [1.82, 2.24) is 9.97 Å². The molecule has 0 saturated carbocycles. The van der Waals surface area contributed by atoms with Gasteiger partial charge in [-0.1, -0.05) is 0 Å². The molecule has 1 aliphatic heterocycles. The molecule has 0 bridgehead atoms. The predicted molar refractivity (Wildman–Crippen MR) is 87.5 cm³/mol. The molecule has 0 atom stereocenters. The fourth-order valence-electron chi connectivity index (χ4n) is 2.28. The number of fused-ring (bicyclic) bond motifs is 1. The first-order valence-electron chi connectivity index (χ1n) is 6.58. The average molecular weight is 381 g/mol. The van der Waals surface area contributed by atoms with Gasteiger partial charge in [-0.15, -0.1) is 0 Å². The molecule has 2 aromatic rings. The predicted octanol–water partition coefficient (Wildman–Crippen LogP) is 3.93. The van der Waals surface area contributed by atoms with Gasteiger partial charge in [0, 0.05) is 28.3 Å². The quantitative estimate of drug-likeness (QED) is 0.633. The van der Waals surface area contributed by atoms with E-state index in [1.54, 1.807) is 12.4 Å². The van der Waals surface area contributed by atoms with E-state index in [2.05, 4.69) is 57.8 Å². The SMILES string of the molecule is CC1(C)CCc2cc(Nc3cnc(I)nc3)ccc2O1. The van der Waals surface area contributed by atoms with E-state index in [0.29, 0.717) is 0 Å². The van der Waals surface area contributed by atoms with E-state index in [9.17, 15) is 0 Å². The van der Waals surface area contributed by atoms with E-state index in [1.165, 1.54) is 5.56 Å². The summed E-state index contributed by atoms with van der Waals surface area (Å²) in [5, 5.41) is 3.32. The molecule has 1 aliphatic rings. The number of nitrogens with one attached hydrogen (secondary N) is 1. The minimum Gasteiger partial charge on any atom is -0.488 e. The summed E-state index contributed by atoms with van der Waals surface area (Å²) in [5.74, 6) is 0.991. The van der Waals surface area contributed by atoms with Crippen LogP contribution in [0.5, 0.6) is 5.75 Å². The molecule has 2 heterocycles. The van der Waals surface area contributed by atoms with E-state index in [4.69, 9.17) is 4.74 Å². The Hall–Kier alpha value is -1.37. The molecule has 0 spiro atoms. The maximum Gasteiger partial charge on any atom is 0.190 e. The van der Waals surface area contributed by atoms with E-state index < -0.39 is 0 Å². The van der Waals surface area contributed by atoms with Crippen molar-refractivity contribution in [2.24, 2.45) is 0 Å². The summed E-state index contributed by atoms with van der Waals surface area (Å²) in [6, 6.07) is 6.20. The van der Waals surface area contributed by atoms with Gasteiger partial charge in [0.15, 0.2) is 3.83 Å². The zero-order valence-corrected chi connectivity index (χ0v) is 13.6. The summed E-state index contributed by atoms with van der Waals surface area (Å²) in [4.78, 5) is 8.34. The molecule has 20 heavy (non-hydrogen) atoms. The van der Waals surface area contributed by atoms with Crippen LogP contribution in [0.4, 0.5) is 11.4 Å². The van der Waals surface area contributed by atoms with Crippen molar-refractivity contribution in [2.75, 3.05) is 5.32 Å². The molecule has 0 unspecified atom stereocenters. The number of anilines is 2. The second-order valence-corrected chi connectivity index (χ2v) is 6.51. The van der Waals surface area contributed by atoms with Gasteiger partial charge in [0.2, 0.25) is 0 Å². The first kappa shape index (κ1) is 13.6. The van der Waals surface area contributed by atoms with Gasteiger partial charge in [-0.05, 0) is 50.5 Å². The Balaban J connectivity index is 1.81. The largest absolute Gasteiger partial charge is 0.488 e. The summed E-state index contributed by atoms with van der Waals surface area (Å²) in [7, 11) is 0. The van der Waals surface area contributed by atoms with Crippen molar-refractivity contribution >= 4 is 34.0 Å². The number of ether oxygens (including phenoxy) is 1. The number of nitrogens with zero attached hydrogens (tertiary/aromatic N) is 2. The zero-order chi connectivity index (χ0) is 14.2. The summed E-state index contributed by atoms with van der Waals surface area (Å²) in [5.41, 5.74) is 3.12. The van der Waals surface area contributed by atoms with Crippen molar-refractivity contribution in [3.63, 3.8) is 0 Å². The molecule has 1 N–H and O–H groups in total. The summed E-state index contributed by atoms with van der Waals surface area (Å²) >= 11 is 2.09. The molecular formula is C15H16IN3O. The van der Waals surface area contributed by atoms with Crippen LogP contribution >= 0.6 is 22.6 Å². The highest BCUT2D eigenvalue weighted by atomic mass is 127. The number of benzene rings is 1. The minimum atomic E-state index is -0.0636. The minimum absolute atomic E-state index is 0.0636. The van der Waals surface area contributed by atoms with Gasteiger partial charge in [0.1, 0.15) is 11.4 Å². The topological polar surface area (TPSA) is 47.0 Å². The van der Waals surface area contributed by atoms with Crippen molar-refractivity contribution in [1.29, 1.82) is 0 Å². The zero-order valence-electron chi connectivity index (χ0n) is 11.5. The molecule has 0 amide bonds. The molecule has 0 aliphatic carbocycles. The standard InChI is InChI=1S/C15H16IN3O/c1-15(2)6-5-10-7-11(3-4-13(10)20-15)19-12-8-17-14(16)18-9-12/h3-4,7-9,19H,5-6H2,1-2H3. The van der Waals surface area contributed by atoms with Gasteiger partial charge < -0.3 is 10.1 Å². The molecule has 104 valence electrons. The highest BCUT2D eigenvalue weighted by Crippen LogP contribution is 2.34. The fourth-order valence-corrected chi connectivity index (χ4v) is 2.56. The normalized spacial score (nSPS) is 16.1. The van der Waals surface area contributed by atoms with Crippen LogP contribution in [0.1, 0.15) is 25.8 Å². The van der Waals surface area contributed by atoms with Crippen LogP contribution in [-0.4, -0.2) is 15.6 Å². The average Bonchev–Trinajstić information content (AvgIpc) is 2.41. The number of rotatable bonds is 2. The summed E-state index contributed by atoms with van der Waals surface area (Å²) < 4.78 is 6.73. The maximum absolute atomic E-state index is 5.99. The van der Waals surface area contributed by atoms with Gasteiger partial charge >= 0.3 is 0 Å². The Morgan fingerprint density at radius 3 is 2.70 bits per heavy atom. The first-order valence-corrected chi connectivity index (χ1v) is 7.66. The lowest BCUT2D eigenvalue weighted by molar-refractivity contribution is 0.0847. The molecule has 0 saturated heterocycles. The lowest BCUT2D eigenvalue weighted by atomic mass is 9.94. The van der Waals surface area contributed by atoms with Crippen molar-refractivity contribution in [3.05, 3.63) is 40.0 Å².